The highest BCUT2D eigenvalue weighted by Gasteiger charge is 2.56. The van der Waals surface area contributed by atoms with Gasteiger partial charge in [-0.15, -0.1) is 0 Å². The quantitative estimate of drug-likeness (QED) is 0.460. The molecule has 22 heavy (non-hydrogen) atoms. The van der Waals surface area contributed by atoms with Crippen LogP contribution in [0, 0.1) is 17.7 Å². The number of nitrogens with two attached hydrogens (primary N) is 1. The highest BCUT2D eigenvalue weighted by molar-refractivity contribution is 5.28. The van der Waals surface area contributed by atoms with Crippen LogP contribution in [-0.2, 0) is 4.74 Å². The number of rotatable bonds is 2. The third-order valence-electron chi connectivity index (χ3n) is 3.21. The normalized spacial score (nSPS) is 30.9. The van der Waals surface area contributed by atoms with E-state index in [0.717, 1.165) is 0 Å². The zero-order chi connectivity index (χ0) is 16.5. The second kappa shape index (κ2) is 5.98. The van der Waals surface area contributed by atoms with Crippen LogP contribution >= 0.6 is 0 Å². The first kappa shape index (κ1) is 16.3. The van der Waals surface area contributed by atoms with Crippen molar-refractivity contribution in [2.45, 2.75) is 24.0 Å². The van der Waals surface area contributed by atoms with Gasteiger partial charge in [0, 0.05) is 0 Å². The van der Waals surface area contributed by atoms with Crippen molar-refractivity contribution in [3.8, 4) is 11.8 Å². The predicted molar refractivity (Wildman–Crippen MR) is 68.6 cm³/mol. The van der Waals surface area contributed by atoms with Gasteiger partial charge < -0.3 is 25.8 Å². The van der Waals surface area contributed by atoms with Gasteiger partial charge in [0.25, 0.3) is 0 Å². The number of hydrogen-bond donors (Lipinski definition) is 4. The number of ether oxygens (including phenoxy) is 1. The van der Waals surface area contributed by atoms with Crippen LogP contribution in [0.25, 0.3) is 0 Å². The van der Waals surface area contributed by atoms with E-state index >= 15 is 0 Å². The maximum Gasteiger partial charge on any atom is 0.351 e. The van der Waals surface area contributed by atoms with Crippen molar-refractivity contribution >= 4 is 5.82 Å². The zero-order valence-corrected chi connectivity index (χ0v) is 11.1. The highest BCUT2D eigenvalue weighted by Crippen LogP contribution is 2.37. The molecule has 0 radical (unpaired) electrons. The summed E-state index contributed by atoms with van der Waals surface area (Å²) in [5.41, 5.74) is 1.64. The molecule has 1 aliphatic rings. The Morgan fingerprint density at radius 3 is 2.86 bits per heavy atom. The van der Waals surface area contributed by atoms with Gasteiger partial charge in [-0.1, -0.05) is 11.8 Å². The van der Waals surface area contributed by atoms with Crippen molar-refractivity contribution in [3.05, 3.63) is 22.5 Å². The second-order valence-electron chi connectivity index (χ2n) is 4.58. The van der Waals surface area contributed by atoms with Crippen molar-refractivity contribution in [2.75, 3.05) is 19.0 Å². The van der Waals surface area contributed by atoms with Gasteiger partial charge in [-0.05, 0) is 0 Å². The van der Waals surface area contributed by atoms with E-state index in [0.29, 0.717) is 10.8 Å². The molecule has 0 saturated carbocycles. The topological polar surface area (TPSA) is 131 Å². The van der Waals surface area contributed by atoms with Gasteiger partial charge in [-0.25, -0.2) is 13.6 Å². The number of nitrogen functional groups attached to an aromatic ring is 1. The number of nitrogens with zero attached hydrogens (tertiary/aromatic N) is 2. The molecule has 1 saturated heterocycles. The monoisotopic (exact) mass is 317 g/mol. The lowest BCUT2D eigenvalue weighted by atomic mass is 9.94. The van der Waals surface area contributed by atoms with E-state index < -0.39 is 54.6 Å². The van der Waals surface area contributed by atoms with E-state index in [1.165, 1.54) is 0 Å². The zero-order valence-electron chi connectivity index (χ0n) is 11.1. The van der Waals surface area contributed by atoms with E-state index in [1.54, 1.807) is 0 Å². The standard InChI is InChI=1S/C12H13F2N3O5/c13-3-1-2-12(21)8(19)7(5-18)22-10(12)17-4-6(14)9(15)16-11(17)20/h4,7-8,10,18-19,21H,3,5H2,(H2,15,16,20). The number of hydrogen-bond acceptors (Lipinski definition) is 7. The maximum absolute atomic E-state index is 13.5. The molecular weight excluding hydrogens is 304 g/mol. The van der Waals surface area contributed by atoms with Crippen molar-refractivity contribution in [1.82, 2.24) is 9.55 Å². The Kier molecular flexibility index (Phi) is 4.43. The SMILES string of the molecule is Nc1nc(=O)n(C2OC(CO)C(O)C2(O)C#CCF)cc1F. The first-order valence-electron chi connectivity index (χ1n) is 6.12. The van der Waals surface area contributed by atoms with Gasteiger partial charge >= 0.3 is 5.69 Å². The summed E-state index contributed by atoms with van der Waals surface area (Å²) in [6.45, 7) is -1.84. The average Bonchev–Trinajstić information content (AvgIpc) is 2.73. The van der Waals surface area contributed by atoms with Crippen LogP contribution in [0.1, 0.15) is 6.23 Å². The molecule has 0 bridgehead atoms. The summed E-state index contributed by atoms with van der Waals surface area (Å²) >= 11 is 0. The minimum Gasteiger partial charge on any atom is -0.394 e. The third-order valence-corrected chi connectivity index (χ3v) is 3.21. The summed E-state index contributed by atoms with van der Waals surface area (Å²) in [6.07, 6.45) is -4.15. The van der Waals surface area contributed by atoms with Crippen molar-refractivity contribution in [1.29, 1.82) is 0 Å². The summed E-state index contributed by atoms with van der Waals surface area (Å²) < 4.78 is 31.4. The average molecular weight is 317 g/mol. The van der Waals surface area contributed by atoms with E-state index in [9.17, 15) is 23.8 Å². The molecule has 2 rings (SSSR count). The Morgan fingerprint density at radius 1 is 1.59 bits per heavy atom. The van der Waals surface area contributed by atoms with Gasteiger partial charge in [0.05, 0.1) is 12.8 Å². The summed E-state index contributed by atoms with van der Waals surface area (Å²) in [5.74, 6) is 2.22. The summed E-state index contributed by atoms with van der Waals surface area (Å²) in [7, 11) is 0. The third kappa shape index (κ3) is 2.55. The molecule has 4 atom stereocenters. The van der Waals surface area contributed by atoms with Gasteiger partial charge in [0.1, 0.15) is 18.9 Å². The molecule has 0 aliphatic carbocycles. The molecule has 1 aromatic rings. The lowest BCUT2D eigenvalue weighted by Crippen LogP contribution is -2.48. The maximum atomic E-state index is 13.5. The predicted octanol–water partition coefficient (Wildman–Crippen LogP) is -2.08. The number of halogens is 2. The molecule has 1 aliphatic heterocycles. The lowest BCUT2D eigenvalue weighted by Gasteiger charge is -2.26. The van der Waals surface area contributed by atoms with Crippen LogP contribution in [0.4, 0.5) is 14.6 Å². The molecule has 0 spiro atoms. The van der Waals surface area contributed by atoms with E-state index in [2.05, 4.69) is 4.98 Å². The fourth-order valence-corrected chi connectivity index (χ4v) is 2.13. The molecule has 1 aromatic heterocycles. The van der Waals surface area contributed by atoms with Crippen LogP contribution in [0.5, 0.6) is 0 Å². The fourth-order valence-electron chi connectivity index (χ4n) is 2.13. The van der Waals surface area contributed by atoms with E-state index in [4.69, 9.17) is 15.6 Å². The molecule has 10 heteroatoms. The molecule has 0 amide bonds. The summed E-state index contributed by atoms with van der Waals surface area (Å²) in [6, 6.07) is 0. The summed E-state index contributed by atoms with van der Waals surface area (Å²) in [5, 5.41) is 29.5. The Bertz CT molecular complexity index is 686. The smallest absolute Gasteiger partial charge is 0.351 e. The molecule has 2 heterocycles. The largest absolute Gasteiger partial charge is 0.394 e. The molecule has 4 unspecified atom stereocenters. The number of anilines is 1. The Balaban J connectivity index is 2.56. The molecule has 0 aromatic carbocycles. The van der Waals surface area contributed by atoms with Crippen LogP contribution in [0.2, 0.25) is 0 Å². The number of aliphatic hydroxyl groups is 3. The highest BCUT2D eigenvalue weighted by atomic mass is 19.1. The first-order chi connectivity index (χ1) is 10.3. The lowest BCUT2D eigenvalue weighted by molar-refractivity contribution is -0.0768. The van der Waals surface area contributed by atoms with E-state index in [1.807, 2.05) is 11.8 Å². The van der Waals surface area contributed by atoms with Crippen LogP contribution < -0.4 is 11.4 Å². The Hall–Kier alpha value is -2.06. The molecule has 5 N–H and O–H groups in total. The van der Waals surface area contributed by atoms with Crippen molar-refractivity contribution in [3.63, 3.8) is 0 Å². The van der Waals surface area contributed by atoms with Crippen LogP contribution in [0.3, 0.4) is 0 Å². The fraction of sp³-hybridized carbons (Fsp3) is 0.500. The van der Waals surface area contributed by atoms with Gasteiger partial charge in [-0.3, -0.25) is 4.57 Å². The first-order valence-corrected chi connectivity index (χ1v) is 6.12. The second-order valence-corrected chi connectivity index (χ2v) is 4.58. The molecule has 8 nitrogen and oxygen atoms in total. The number of aliphatic hydroxyl groups excluding tert-OH is 2. The van der Waals surface area contributed by atoms with Gasteiger partial charge in [0.15, 0.2) is 23.5 Å². The van der Waals surface area contributed by atoms with Crippen LogP contribution in [-0.4, -0.2) is 56.0 Å². The minimum absolute atomic E-state index is 0.525. The molecule has 1 fully saturated rings. The van der Waals surface area contributed by atoms with Gasteiger partial charge in [-0.2, -0.15) is 4.98 Å². The number of alkyl halides is 1. The number of aromatic nitrogens is 2. The van der Waals surface area contributed by atoms with Crippen LogP contribution in [0.15, 0.2) is 11.0 Å². The van der Waals surface area contributed by atoms with Gasteiger partial charge in [0.2, 0.25) is 0 Å². The van der Waals surface area contributed by atoms with E-state index in [-0.39, 0.29) is 0 Å². The minimum atomic E-state index is -2.44. The van der Waals surface area contributed by atoms with Crippen molar-refractivity contribution < 1.29 is 28.8 Å². The Morgan fingerprint density at radius 2 is 2.27 bits per heavy atom. The summed E-state index contributed by atoms with van der Waals surface area (Å²) in [4.78, 5) is 15.0. The Labute approximate surface area is 122 Å². The molecule has 120 valence electrons. The van der Waals surface area contributed by atoms with Crippen molar-refractivity contribution in [2.24, 2.45) is 0 Å². The molecular formula is C12H13F2N3O5.